The summed E-state index contributed by atoms with van der Waals surface area (Å²) in [5.74, 6) is 1.12. The Balaban J connectivity index is 3.97. The third kappa shape index (κ3) is 3.25. The molecule has 0 amide bonds. The highest BCUT2D eigenvalue weighted by molar-refractivity contribution is 5.83. The van der Waals surface area contributed by atoms with Gasteiger partial charge in [-0.25, -0.2) is 4.99 Å². The summed E-state index contributed by atoms with van der Waals surface area (Å²) < 4.78 is 0. The molecule has 0 aromatic carbocycles. The molecule has 3 nitrogen and oxygen atoms in total. The van der Waals surface area contributed by atoms with Crippen LogP contribution in [0.4, 0.5) is 0 Å². The lowest BCUT2D eigenvalue weighted by Crippen LogP contribution is -2.26. The van der Waals surface area contributed by atoms with Crippen LogP contribution in [-0.2, 0) is 4.84 Å². The molecule has 10 heavy (non-hydrogen) atoms. The first kappa shape index (κ1) is 9.17. The highest BCUT2D eigenvalue weighted by atomic mass is 16.6. The van der Waals surface area contributed by atoms with E-state index in [0.29, 0.717) is 5.92 Å². The van der Waals surface area contributed by atoms with Crippen LogP contribution in [0.15, 0.2) is 17.8 Å². The lowest BCUT2D eigenvalue weighted by Gasteiger charge is -2.08. The van der Waals surface area contributed by atoms with Gasteiger partial charge >= 0.3 is 0 Å². The van der Waals surface area contributed by atoms with Crippen molar-refractivity contribution < 1.29 is 4.84 Å². The second-order valence-electron chi connectivity index (χ2n) is 2.16. The van der Waals surface area contributed by atoms with Crippen molar-refractivity contribution in [2.45, 2.75) is 13.8 Å². The average Bonchev–Trinajstić information content (AvgIpc) is 1.87. The van der Waals surface area contributed by atoms with Gasteiger partial charge in [0.05, 0.1) is 7.11 Å². The van der Waals surface area contributed by atoms with Crippen LogP contribution >= 0.6 is 0 Å². The lowest BCUT2D eigenvalue weighted by atomic mass is 10.2. The summed E-state index contributed by atoms with van der Waals surface area (Å²) in [5.41, 5.74) is 2.66. The average molecular weight is 142 g/mol. The Morgan fingerprint density at radius 1 is 1.70 bits per heavy atom. The van der Waals surface area contributed by atoms with E-state index >= 15 is 0 Å². The molecule has 0 aliphatic carbocycles. The van der Waals surface area contributed by atoms with Crippen molar-refractivity contribution in [3.05, 3.63) is 12.8 Å². The van der Waals surface area contributed by atoms with Crippen LogP contribution in [0.2, 0.25) is 0 Å². The summed E-state index contributed by atoms with van der Waals surface area (Å²) in [6.07, 6.45) is 1.49. The van der Waals surface area contributed by atoms with Gasteiger partial charge in [-0.1, -0.05) is 20.4 Å². The molecule has 3 heteroatoms. The van der Waals surface area contributed by atoms with Crippen molar-refractivity contribution >= 4 is 5.84 Å². The third-order valence-corrected chi connectivity index (χ3v) is 0.984. The van der Waals surface area contributed by atoms with Gasteiger partial charge in [0.15, 0.2) is 0 Å². The molecule has 0 saturated carbocycles. The van der Waals surface area contributed by atoms with E-state index in [2.05, 4.69) is 21.9 Å². The van der Waals surface area contributed by atoms with Crippen LogP contribution < -0.4 is 5.48 Å². The van der Waals surface area contributed by atoms with Gasteiger partial charge in [0.1, 0.15) is 5.84 Å². The van der Waals surface area contributed by atoms with E-state index in [4.69, 9.17) is 0 Å². The Labute approximate surface area is 61.8 Å². The number of nitrogens with zero attached hydrogens (tertiary/aromatic N) is 1. The Bertz CT molecular complexity index is 130. The molecule has 0 aromatic heterocycles. The maximum Gasteiger partial charge on any atom is 0.128 e. The maximum atomic E-state index is 4.69. The van der Waals surface area contributed by atoms with Crippen molar-refractivity contribution in [3.63, 3.8) is 0 Å². The van der Waals surface area contributed by atoms with Crippen molar-refractivity contribution in [2.24, 2.45) is 10.9 Å². The molecule has 0 aromatic rings. The number of nitrogens with one attached hydrogen (secondary N) is 1. The number of hydrogen-bond acceptors (Lipinski definition) is 2. The van der Waals surface area contributed by atoms with E-state index in [1.54, 1.807) is 7.11 Å². The minimum atomic E-state index is 0.331. The van der Waals surface area contributed by atoms with Crippen LogP contribution in [0.25, 0.3) is 0 Å². The van der Waals surface area contributed by atoms with E-state index in [-0.39, 0.29) is 0 Å². The van der Waals surface area contributed by atoms with Crippen LogP contribution in [0, 0.1) is 5.92 Å². The van der Waals surface area contributed by atoms with Gasteiger partial charge < -0.3 is 0 Å². The molecule has 0 fully saturated rings. The first-order valence-corrected chi connectivity index (χ1v) is 3.20. The Hall–Kier alpha value is -0.830. The van der Waals surface area contributed by atoms with Gasteiger partial charge in [-0.3, -0.25) is 10.3 Å². The number of hydroxylamine groups is 1. The molecule has 0 saturated heterocycles. The van der Waals surface area contributed by atoms with E-state index < -0.39 is 0 Å². The van der Waals surface area contributed by atoms with Gasteiger partial charge in [0.2, 0.25) is 0 Å². The van der Waals surface area contributed by atoms with E-state index in [9.17, 15) is 0 Å². The van der Waals surface area contributed by atoms with Crippen molar-refractivity contribution in [1.82, 2.24) is 5.48 Å². The largest absolute Gasteiger partial charge is 0.278 e. The molecular formula is C7H14N2O. The van der Waals surface area contributed by atoms with E-state index in [1.165, 1.54) is 6.20 Å². The minimum absolute atomic E-state index is 0.331. The fourth-order valence-corrected chi connectivity index (χ4v) is 0.496. The smallest absolute Gasteiger partial charge is 0.128 e. The molecule has 0 unspecified atom stereocenters. The van der Waals surface area contributed by atoms with Gasteiger partial charge in [0.25, 0.3) is 0 Å². The summed E-state index contributed by atoms with van der Waals surface area (Å²) >= 11 is 0. The SMILES string of the molecule is C=CN=C(NOC)C(C)C. The molecule has 0 atom stereocenters. The molecule has 1 N–H and O–H groups in total. The topological polar surface area (TPSA) is 33.6 Å². The molecule has 0 radical (unpaired) electrons. The molecule has 58 valence electrons. The predicted molar refractivity (Wildman–Crippen MR) is 42.6 cm³/mol. The third-order valence-electron chi connectivity index (χ3n) is 0.984. The van der Waals surface area contributed by atoms with E-state index in [0.717, 1.165) is 5.84 Å². The summed E-state index contributed by atoms with van der Waals surface area (Å²) in [6.45, 7) is 7.53. The molecule has 0 heterocycles. The molecular weight excluding hydrogens is 128 g/mol. The minimum Gasteiger partial charge on any atom is -0.278 e. The monoisotopic (exact) mass is 142 g/mol. The molecule has 0 bridgehead atoms. The summed E-state index contributed by atoms with van der Waals surface area (Å²) in [6, 6.07) is 0. The highest BCUT2D eigenvalue weighted by Crippen LogP contribution is 1.93. The van der Waals surface area contributed by atoms with Crippen molar-refractivity contribution in [2.75, 3.05) is 7.11 Å². The zero-order chi connectivity index (χ0) is 7.98. The quantitative estimate of drug-likeness (QED) is 0.366. The first-order chi connectivity index (χ1) is 4.72. The standard InChI is InChI=1S/C7H14N2O/c1-5-8-7(6(2)3)9-10-4/h5-6H,1H2,2-4H3,(H,8,9). The molecule has 0 rings (SSSR count). The zero-order valence-corrected chi connectivity index (χ0v) is 6.72. The van der Waals surface area contributed by atoms with Gasteiger partial charge in [-0.15, -0.1) is 0 Å². The summed E-state index contributed by atoms with van der Waals surface area (Å²) in [7, 11) is 1.56. The molecule has 0 spiro atoms. The number of hydrogen-bond donors (Lipinski definition) is 1. The van der Waals surface area contributed by atoms with Crippen LogP contribution in [0.5, 0.6) is 0 Å². The molecule has 0 aliphatic heterocycles. The zero-order valence-electron chi connectivity index (χ0n) is 6.72. The number of aliphatic imine (C=N–C) groups is 1. The Kier molecular flexibility index (Phi) is 4.58. The summed E-state index contributed by atoms with van der Waals surface area (Å²) in [5, 5.41) is 0. The van der Waals surface area contributed by atoms with Crippen molar-refractivity contribution in [1.29, 1.82) is 0 Å². The maximum absolute atomic E-state index is 4.69. The lowest BCUT2D eigenvalue weighted by molar-refractivity contribution is 0.140. The van der Waals surface area contributed by atoms with Crippen molar-refractivity contribution in [3.8, 4) is 0 Å². The Morgan fingerprint density at radius 2 is 2.30 bits per heavy atom. The molecule has 0 aliphatic rings. The van der Waals surface area contributed by atoms with E-state index in [1.807, 2.05) is 13.8 Å². The van der Waals surface area contributed by atoms with Crippen LogP contribution in [0.3, 0.4) is 0 Å². The van der Waals surface area contributed by atoms with Gasteiger partial charge in [0, 0.05) is 12.1 Å². The van der Waals surface area contributed by atoms with Crippen LogP contribution in [0.1, 0.15) is 13.8 Å². The first-order valence-electron chi connectivity index (χ1n) is 3.20. The Morgan fingerprint density at radius 3 is 2.60 bits per heavy atom. The fraction of sp³-hybridized carbons (Fsp3) is 0.571. The van der Waals surface area contributed by atoms with Gasteiger partial charge in [-0.05, 0) is 0 Å². The highest BCUT2D eigenvalue weighted by Gasteiger charge is 2.01. The fourth-order valence-electron chi connectivity index (χ4n) is 0.496. The second-order valence-corrected chi connectivity index (χ2v) is 2.16. The normalized spacial score (nSPS) is 11.8. The summed E-state index contributed by atoms with van der Waals surface area (Å²) in [4.78, 5) is 8.65. The van der Waals surface area contributed by atoms with Crippen LogP contribution in [-0.4, -0.2) is 12.9 Å². The number of amidine groups is 1. The second kappa shape index (κ2) is 4.99. The number of rotatable bonds is 3. The van der Waals surface area contributed by atoms with Gasteiger partial charge in [-0.2, -0.15) is 0 Å². The predicted octanol–water partition coefficient (Wildman–Crippen LogP) is 1.34.